The van der Waals surface area contributed by atoms with Crippen LogP contribution in [0.15, 0.2) is 0 Å². The predicted molar refractivity (Wildman–Crippen MR) is 59.3 cm³/mol. The molecule has 3 N–H and O–H groups in total. The standard InChI is InChI=1S/C11H24N2O/c1-4-5-10(12)8-13-11(3)6-7-14-9(11)2/h9-10,13H,4-8,12H2,1-3H3. The van der Waals surface area contributed by atoms with Crippen molar-refractivity contribution in [3.05, 3.63) is 0 Å². The van der Waals surface area contributed by atoms with E-state index < -0.39 is 0 Å². The number of nitrogens with one attached hydrogen (secondary N) is 1. The zero-order chi connectivity index (χ0) is 10.6. The highest BCUT2D eigenvalue weighted by Crippen LogP contribution is 2.24. The Balaban J connectivity index is 2.29. The van der Waals surface area contributed by atoms with E-state index in [1.807, 2.05) is 0 Å². The predicted octanol–water partition coefficient (Wildman–Crippen LogP) is 1.27. The average Bonchev–Trinajstić information content (AvgIpc) is 2.46. The van der Waals surface area contributed by atoms with Crippen LogP contribution in [0.5, 0.6) is 0 Å². The topological polar surface area (TPSA) is 47.3 Å². The molecule has 0 aliphatic carbocycles. The lowest BCUT2D eigenvalue weighted by molar-refractivity contribution is 0.0881. The van der Waals surface area contributed by atoms with Crippen LogP contribution < -0.4 is 11.1 Å². The van der Waals surface area contributed by atoms with Gasteiger partial charge >= 0.3 is 0 Å². The highest BCUT2D eigenvalue weighted by Gasteiger charge is 2.36. The zero-order valence-electron chi connectivity index (χ0n) is 9.68. The molecule has 14 heavy (non-hydrogen) atoms. The van der Waals surface area contributed by atoms with E-state index in [1.165, 1.54) is 0 Å². The maximum absolute atomic E-state index is 5.96. The van der Waals surface area contributed by atoms with Crippen molar-refractivity contribution in [2.24, 2.45) is 5.73 Å². The molecule has 1 rings (SSSR count). The third kappa shape index (κ3) is 2.94. The van der Waals surface area contributed by atoms with Gasteiger partial charge in [-0.05, 0) is 26.7 Å². The van der Waals surface area contributed by atoms with Crippen LogP contribution in [0.1, 0.15) is 40.0 Å². The molecule has 1 saturated heterocycles. The largest absolute Gasteiger partial charge is 0.377 e. The van der Waals surface area contributed by atoms with Crippen molar-refractivity contribution >= 4 is 0 Å². The van der Waals surface area contributed by atoms with Gasteiger partial charge < -0.3 is 15.8 Å². The van der Waals surface area contributed by atoms with Gasteiger partial charge in [-0.2, -0.15) is 0 Å². The fraction of sp³-hybridized carbons (Fsp3) is 1.00. The summed E-state index contributed by atoms with van der Waals surface area (Å²) in [6.07, 6.45) is 3.65. The molecule has 1 aliphatic rings. The van der Waals surface area contributed by atoms with Crippen LogP contribution in [-0.4, -0.2) is 30.8 Å². The van der Waals surface area contributed by atoms with Crippen LogP contribution in [-0.2, 0) is 4.74 Å². The molecule has 0 aromatic rings. The van der Waals surface area contributed by atoms with Gasteiger partial charge in [0.1, 0.15) is 0 Å². The molecule has 0 bridgehead atoms. The number of hydrogen-bond acceptors (Lipinski definition) is 3. The highest BCUT2D eigenvalue weighted by molar-refractivity contribution is 4.94. The molecule has 1 fully saturated rings. The van der Waals surface area contributed by atoms with Crippen molar-refractivity contribution in [2.45, 2.75) is 57.7 Å². The quantitative estimate of drug-likeness (QED) is 0.702. The maximum atomic E-state index is 5.96. The highest BCUT2D eigenvalue weighted by atomic mass is 16.5. The van der Waals surface area contributed by atoms with Gasteiger partial charge in [-0.3, -0.25) is 0 Å². The van der Waals surface area contributed by atoms with Crippen LogP contribution in [0.2, 0.25) is 0 Å². The van der Waals surface area contributed by atoms with E-state index in [-0.39, 0.29) is 11.6 Å². The van der Waals surface area contributed by atoms with Crippen molar-refractivity contribution < 1.29 is 4.74 Å². The third-order valence-corrected chi connectivity index (χ3v) is 3.31. The summed E-state index contributed by atoms with van der Waals surface area (Å²) in [6.45, 7) is 8.29. The summed E-state index contributed by atoms with van der Waals surface area (Å²) in [5.41, 5.74) is 6.09. The number of rotatable bonds is 5. The second-order valence-electron chi connectivity index (χ2n) is 4.61. The van der Waals surface area contributed by atoms with Gasteiger partial charge in [-0.1, -0.05) is 13.3 Å². The molecule has 1 heterocycles. The number of hydrogen-bond donors (Lipinski definition) is 2. The minimum absolute atomic E-state index is 0.130. The van der Waals surface area contributed by atoms with E-state index >= 15 is 0 Å². The summed E-state index contributed by atoms with van der Waals surface area (Å²) in [6, 6.07) is 0.282. The van der Waals surface area contributed by atoms with Gasteiger partial charge in [-0.25, -0.2) is 0 Å². The first-order chi connectivity index (χ1) is 6.58. The van der Waals surface area contributed by atoms with E-state index in [4.69, 9.17) is 10.5 Å². The average molecular weight is 200 g/mol. The minimum Gasteiger partial charge on any atom is -0.377 e. The van der Waals surface area contributed by atoms with Gasteiger partial charge in [0.2, 0.25) is 0 Å². The van der Waals surface area contributed by atoms with Crippen LogP contribution in [0, 0.1) is 0 Å². The summed E-state index contributed by atoms with van der Waals surface area (Å²) in [5.74, 6) is 0. The Bertz CT molecular complexity index is 175. The maximum Gasteiger partial charge on any atom is 0.0726 e. The molecule has 3 atom stereocenters. The summed E-state index contributed by atoms with van der Waals surface area (Å²) in [5, 5.41) is 3.54. The fourth-order valence-electron chi connectivity index (χ4n) is 1.90. The first kappa shape index (κ1) is 12.0. The summed E-state index contributed by atoms with van der Waals surface area (Å²) >= 11 is 0. The summed E-state index contributed by atoms with van der Waals surface area (Å²) in [4.78, 5) is 0. The van der Waals surface area contributed by atoms with E-state index in [2.05, 4.69) is 26.1 Å². The molecule has 0 aromatic carbocycles. The Labute approximate surface area is 87.4 Å². The van der Waals surface area contributed by atoms with Crippen LogP contribution in [0.4, 0.5) is 0 Å². The smallest absolute Gasteiger partial charge is 0.0726 e. The molecule has 0 radical (unpaired) electrons. The molecule has 3 nitrogen and oxygen atoms in total. The van der Waals surface area contributed by atoms with Gasteiger partial charge in [0, 0.05) is 24.7 Å². The summed E-state index contributed by atoms with van der Waals surface area (Å²) in [7, 11) is 0. The van der Waals surface area contributed by atoms with Crippen LogP contribution in [0.3, 0.4) is 0 Å². The molecule has 0 amide bonds. The second-order valence-corrected chi connectivity index (χ2v) is 4.61. The van der Waals surface area contributed by atoms with Gasteiger partial charge in [0.05, 0.1) is 6.10 Å². The van der Waals surface area contributed by atoms with Crippen molar-refractivity contribution in [3.8, 4) is 0 Å². The number of ether oxygens (including phenoxy) is 1. The molecular weight excluding hydrogens is 176 g/mol. The Kier molecular flexibility index (Phi) is 4.35. The number of nitrogens with two attached hydrogens (primary N) is 1. The van der Waals surface area contributed by atoms with Crippen molar-refractivity contribution in [2.75, 3.05) is 13.2 Å². The monoisotopic (exact) mass is 200 g/mol. The first-order valence-electron chi connectivity index (χ1n) is 5.70. The zero-order valence-corrected chi connectivity index (χ0v) is 9.68. The van der Waals surface area contributed by atoms with Crippen molar-refractivity contribution in [1.29, 1.82) is 0 Å². The first-order valence-corrected chi connectivity index (χ1v) is 5.70. The molecule has 3 heteroatoms. The van der Waals surface area contributed by atoms with E-state index in [0.29, 0.717) is 6.10 Å². The Morgan fingerprint density at radius 1 is 1.64 bits per heavy atom. The molecule has 84 valence electrons. The Morgan fingerprint density at radius 3 is 2.86 bits per heavy atom. The summed E-state index contributed by atoms with van der Waals surface area (Å²) < 4.78 is 5.56. The molecule has 1 aliphatic heterocycles. The fourth-order valence-corrected chi connectivity index (χ4v) is 1.90. The third-order valence-electron chi connectivity index (χ3n) is 3.31. The molecule has 3 unspecified atom stereocenters. The lowest BCUT2D eigenvalue weighted by Crippen LogP contribution is -2.51. The second kappa shape index (κ2) is 5.10. The van der Waals surface area contributed by atoms with E-state index in [9.17, 15) is 0 Å². The van der Waals surface area contributed by atoms with Gasteiger partial charge in [0.15, 0.2) is 0 Å². The van der Waals surface area contributed by atoms with Crippen molar-refractivity contribution in [1.82, 2.24) is 5.32 Å². The van der Waals surface area contributed by atoms with E-state index in [0.717, 1.165) is 32.4 Å². The van der Waals surface area contributed by atoms with E-state index in [1.54, 1.807) is 0 Å². The lowest BCUT2D eigenvalue weighted by Gasteiger charge is -2.30. The SMILES string of the molecule is CCCC(N)CNC1(C)CCOC1C. The molecular formula is C11H24N2O. The lowest BCUT2D eigenvalue weighted by atomic mass is 9.94. The molecule has 0 saturated carbocycles. The Morgan fingerprint density at radius 2 is 2.36 bits per heavy atom. The minimum atomic E-state index is 0.130. The van der Waals surface area contributed by atoms with Gasteiger partial charge in [-0.15, -0.1) is 0 Å². The molecule has 0 aromatic heterocycles. The van der Waals surface area contributed by atoms with Crippen molar-refractivity contribution in [3.63, 3.8) is 0 Å². The van der Waals surface area contributed by atoms with Gasteiger partial charge in [0.25, 0.3) is 0 Å². The molecule has 0 spiro atoms. The Hall–Kier alpha value is -0.120. The van der Waals surface area contributed by atoms with Crippen LogP contribution >= 0.6 is 0 Å². The van der Waals surface area contributed by atoms with Crippen LogP contribution in [0.25, 0.3) is 0 Å². The normalized spacial score (nSPS) is 34.7.